The van der Waals surface area contributed by atoms with E-state index in [0.717, 1.165) is 19.3 Å². The molecule has 0 aromatic heterocycles. The predicted octanol–water partition coefficient (Wildman–Crippen LogP) is 1.19. The van der Waals surface area contributed by atoms with Crippen molar-refractivity contribution in [2.75, 3.05) is 6.54 Å². The lowest BCUT2D eigenvalue weighted by atomic mass is 9.96. The zero-order chi connectivity index (χ0) is 12.6. The lowest BCUT2D eigenvalue weighted by molar-refractivity contribution is -0.144. The largest absolute Gasteiger partial charge is 0.480 e. The van der Waals surface area contributed by atoms with Crippen molar-refractivity contribution < 1.29 is 14.7 Å². The quantitative estimate of drug-likeness (QED) is 0.675. The molecule has 0 radical (unpaired) electrons. The van der Waals surface area contributed by atoms with Crippen molar-refractivity contribution >= 4 is 12.0 Å². The summed E-state index contributed by atoms with van der Waals surface area (Å²) in [6.45, 7) is 4.38. The number of urea groups is 1. The minimum Gasteiger partial charge on any atom is -0.480 e. The summed E-state index contributed by atoms with van der Waals surface area (Å²) in [7, 11) is 0. The molecule has 0 saturated heterocycles. The zero-order valence-corrected chi connectivity index (χ0v) is 10.3. The number of hydrogen-bond acceptors (Lipinski definition) is 2. The van der Waals surface area contributed by atoms with E-state index in [1.54, 1.807) is 6.92 Å². The molecule has 2 fully saturated rings. The van der Waals surface area contributed by atoms with Crippen LogP contribution in [0.15, 0.2) is 0 Å². The Labute approximate surface area is 101 Å². The van der Waals surface area contributed by atoms with Gasteiger partial charge in [-0.1, -0.05) is 6.92 Å². The van der Waals surface area contributed by atoms with E-state index in [2.05, 4.69) is 17.6 Å². The molecule has 2 rings (SSSR count). The topological polar surface area (TPSA) is 78.4 Å². The van der Waals surface area contributed by atoms with Gasteiger partial charge in [-0.05, 0) is 43.9 Å². The van der Waals surface area contributed by atoms with Crippen molar-refractivity contribution in [3.8, 4) is 0 Å². The van der Waals surface area contributed by atoms with Crippen LogP contribution in [0.1, 0.15) is 33.1 Å². The standard InChI is InChI=1S/C12H20N2O3/c1-7-5-8(7)6-13-11(17)14-12(2,10(15)16)9-3-4-9/h7-9H,3-6H2,1-2H3,(H,15,16)(H2,13,14,17). The van der Waals surface area contributed by atoms with Gasteiger partial charge in [0.05, 0.1) is 0 Å². The van der Waals surface area contributed by atoms with Gasteiger partial charge in [0.2, 0.25) is 0 Å². The van der Waals surface area contributed by atoms with Crippen LogP contribution in [-0.2, 0) is 4.79 Å². The lowest BCUT2D eigenvalue weighted by Gasteiger charge is -2.26. The molecular weight excluding hydrogens is 220 g/mol. The highest BCUT2D eigenvalue weighted by Gasteiger charge is 2.48. The van der Waals surface area contributed by atoms with E-state index >= 15 is 0 Å². The second-order valence-corrected chi connectivity index (χ2v) is 5.59. The van der Waals surface area contributed by atoms with Crippen LogP contribution in [0.4, 0.5) is 4.79 Å². The first kappa shape index (κ1) is 12.2. The first-order valence-corrected chi connectivity index (χ1v) is 6.23. The first-order chi connectivity index (χ1) is 7.93. The number of amides is 2. The van der Waals surface area contributed by atoms with Crippen molar-refractivity contribution in [1.82, 2.24) is 10.6 Å². The molecule has 0 bridgehead atoms. The van der Waals surface area contributed by atoms with Gasteiger partial charge in [-0.2, -0.15) is 0 Å². The van der Waals surface area contributed by atoms with E-state index in [-0.39, 0.29) is 11.9 Å². The summed E-state index contributed by atoms with van der Waals surface area (Å²) in [6.07, 6.45) is 2.91. The Hall–Kier alpha value is -1.26. The van der Waals surface area contributed by atoms with Crippen LogP contribution >= 0.6 is 0 Å². The highest BCUT2D eigenvalue weighted by molar-refractivity contribution is 5.86. The third-order valence-electron chi connectivity index (χ3n) is 4.01. The van der Waals surface area contributed by atoms with E-state index in [0.29, 0.717) is 18.4 Å². The minimum atomic E-state index is -1.11. The van der Waals surface area contributed by atoms with Gasteiger partial charge >= 0.3 is 12.0 Å². The zero-order valence-electron chi connectivity index (χ0n) is 10.3. The van der Waals surface area contributed by atoms with Crippen LogP contribution in [-0.4, -0.2) is 29.2 Å². The van der Waals surface area contributed by atoms with Crippen LogP contribution in [0.3, 0.4) is 0 Å². The second-order valence-electron chi connectivity index (χ2n) is 5.59. The van der Waals surface area contributed by atoms with Crippen LogP contribution in [0.5, 0.6) is 0 Å². The molecule has 0 aromatic rings. The average molecular weight is 240 g/mol. The van der Waals surface area contributed by atoms with Gasteiger partial charge in [0.15, 0.2) is 0 Å². The number of nitrogens with one attached hydrogen (secondary N) is 2. The third kappa shape index (κ3) is 2.70. The summed E-state index contributed by atoms with van der Waals surface area (Å²) < 4.78 is 0. The van der Waals surface area contributed by atoms with Gasteiger partial charge in [-0.15, -0.1) is 0 Å². The Balaban J connectivity index is 1.81. The van der Waals surface area contributed by atoms with Crippen molar-refractivity contribution in [2.24, 2.45) is 17.8 Å². The van der Waals surface area contributed by atoms with Crippen LogP contribution in [0.2, 0.25) is 0 Å². The molecule has 2 saturated carbocycles. The van der Waals surface area contributed by atoms with Crippen molar-refractivity contribution in [2.45, 2.75) is 38.6 Å². The Bertz CT molecular complexity index is 341. The lowest BCUT2D eigenvalue weighted by Crippen LogP contribution is -2.56. The van der Waals surface area contributed by atoms with Crippen LogP contribution < -0.4 is 10.6 Å². The summed E-state index contributed by atoms with van der Waals surface area (Å²) in [5, 5.41) is 14.5. The minimum absolute atomic E-state index is 0.0746. The Kier molecular flexibility index (Phi) is 3.02. The second kappa shape index (κ2) is 4.20. The fraction of sp³-hybridized carbons (Fsp3) is 0.833. The maximum absolute atomic E-state index is 11.6. The van der Waals surface area contributed by atoms with Gasteiger partial charge in [0.1, 0.15) is 5.54 Å². The van der Waals surface area contributed by atoms with Gasteiger partial charge in [-0.25, -0.2) is 9.59 Å². The molecule has 3 unspecified atom stereocenters. The Morgan fingerprint density at radius 2 is 2.00 bits per heavy atom. The molecule has 0 aliphatic heterocycles. The summed E-state index contributed by atoms with van der Waals surface area (Å²) in [6, 6.07) is -0.360. The number of hydrogen-bond donors (Lipinski definition) is 3. The van der Waals surface area contributed by atoms with Gasteiger partial charge < -0.3 is 15.7 Å². The summed E-state index contributed by atoms with van der Waals surface area (Å²) in [5.41, 5.74) is -1.11. The normalized spacial score (nSPS) is 30.2. The number of aliphatic carboxylic acids is 1. The molecule has 0 spiro atoms. The number of carboxylic acids is 1. The summed E-state index contributed by atoms with van der Waals surface area (Å²) in [5.74, 6) is 0.378. The molecule has 5 nitrogen and oxygen atoms in total. The third-order valence-corrected chi connectivity index (χ3v) is 4.01. The van der Waals surface area contributed by atoms with Crippen molar-refractivity contribution in [3.63, 3.8) is 0 Å². The molecule has 96 valence electrons. The van der Waals surface area contributed by atoms with Crippen molar-refractivity contribution in [3.05, 3.63) is 0 Å². The van der Waals surface area contributed by atoms with Gasteiger partial charge in [0.25, 0.3) is 0 Å². The Morgan fingerprint density at radius 1 is 1.41 bits per heavy atom. The van der Waals surface area contributed by atoms with E-state index in [9.17, 15) is 14.7 Å². The molecule has 2 amide bonds. The molecule has 2 aliphatic carbocycles. The first-order valence-electron chi connectivity index (χ1n) is 6.23. The molecule has 5 heteroatoms. The molecule has 17 heavy (non-hydrogen) atoms. The number of carboxylic acid groups (broad SMARTS) is 1. The fourth-order valence-corrected chi connectivity index (χ4v) is 2.18. The highest BCUT2D eigenvalue weighted by Crippen LogP contribution is 2.40. The van der Waals surface area contributed by atoms with E-state index in [4.69, 9.17) is 0 Å². The van der Waals surface area contributed by atoms with Gasteiger partial charge in [0, 0.05) is 6.54 Å². The van der Waals surface area contributed by atoms with E-state index in [1.807, 2.05) is 0 Å². The highest BCUT2D eigenvalue weighted by atomic mass is 16.4. The summed E-state index contributed by atoms with van der Waals surface area (Å²) >= 11 is 0. The Morgan fingerprint density at radius 3 is 2.41 bits per heavy atom. The van der Waals surface area contributed by atoms with Crippen LogP contribution in [0, 0.1) is 17.8 Å². The van der Waals surface area contributed by atoms with Crippen LogP contribution in [0.25, 0.3) is 0 Å². The van der Waals surface area contributed by atoms with Crippen molar-refractivity contribution in [1.29, 1.82) is 0 Å². The molecule has 0 heterocycles. The number of rotatable bonds is 5. The maximum atomic E-state index is 11.6. The number of carbonyl (C=O) groups is 2. The predicted molar refractivity (Wildman–Crippen MR) is 62.6 cm³/mol. The van der Waals surface area contributed by atoms with Gasteiger partial charge in [-0.3, -0.25) is 0 Å². The maximum Gasteiger partial charge on any atom is 0.329 e. The monoisotopic (exact) mass is 240 g/mol. The molecular formula is C12H20N2O3. The molecule has 2 aliphatic rings. The average Bonchev–Trinajstić information content (AvgIpc) is 3.09. The van der Waals surface area contributed by atoms with E-state index < -0.39 is 11.5 Å². The fourth-order valence-electron chi connectivity index (χ4n) is 2.18. The SMILES string of the molecule is CC1CC1CNC(=O)NC(C)(C(=O)O)C1CC1. The number of carbonyl (C=O) groups excluding carboxylic acids is 1. The van der Waals surface area contributed by atoms with E-state index in [1.165, 1.54) is 0 Å². The summed E-state index contributed by atoms with van der Waals surface area (Å²) in [4.78, 5) is 22.8. The molecule has 0 aromatic carbocycles. The molecule has 3 N–H and O–H groups in total. The molecule has 3 atom stereocenters. The smallest absolute Gasteiger partial charge is 0.329 e.